The molecular formula is C79H99N9O15Si3. The molecule has 0 radical (unpaired) electrons. The van der Waals surface area contributed by atoms with Gasteiger partial charge in [0.15, 0.2) is 25.0 Å². The predicted molar refractivity (Wildman–Crippen MR) is 416 cm³/mol. The maximum atomic E-state index is 11.0. The molecule has 4 amide bonds. The molecule has 0 saturated heterocycles. The quantitative estimate of drug-likeness (QED) is 0.0121. The molecule has 0 aliphatic rings. The van der Waals surface area contributed by atoms with Gasteiger partial charge in [-0.3, -0.25) is 28.8 Å². The molecule has 4 aromatic heterocycles. The van der Waals surface area contributed by atoms with E-state index < -0.39 is 48.6 Å². The highest BCUT2D eigenvalue weighted by molar-refractivity contribution is 6.74. The van der Waals surface area contributed by atoms with E-state index >= 15 is 0 Å². The Balaban J connectivity index is 0.000000229. The van der Waals surface area contributed by atoms with E-state index in [0.29, 0.717) is 53.7 Å². The van der Waals surface area contributed by atoms with E-state index in [1.54, 1.807) is 60.7 Å². The lowest BCUT2D eigenvalue weighted by Crippen LogP contribution is -2.40. The Bertz CT molecular complexity index is 4370. The van der Waals surface area contributed by atoms with Crippen LogP contribution >= 0.6 is 0 Å². The Morgan fingerprint density at radius 2 is 0.623 bits per heavy atom. The highest BCUT2D eigenvalue weighted by atomic mass is 28.4. The first kappa shape index (κ1) is 86.0. The number of rotatable bonds is 22. The topological polar surface area (TPSA) is 391 Å². The lowest BCUT2D eigenvalue weighted by molar-refractivity contribution is 0.0957. The molecule has 10 rings (SSSR count). The zero-order valence-electron chi connectivity index (χ0n) is 63.2. The fourth-order valence-electron chi connectivity index (χ4n) is 8.21. The van der Waals surface area contributed by atoms with Crippen molar-refractivity contribution < 1.29 is 70.5 Å². The van der Waals surface area contributed by atoms with E-state index in [1.807, 2.05) is 97.1 Å². The summed E-state index contributed by atoms with van der Waals surface area (Å²) in [5.74, 6) is -2.36. The Hall–Kier alpha value is -10.7. The number of hydrogen-bond donors (Lipinski definition) is 6. The number of aromatic nitrogens is 4. The molecule has 0 bridgehead atoms. The van der Waals surface area contributed by atoms with Crippen LogP contribution in [0.1, 0.15) is 166 Å². The second kappa shape index (κ2) is 38.9. The number of carbonyl (C=O) groups is 6. The van der Waals surface area contributed by atoms with Gasteiger partial charge >= 0.3 is 0 Å². The first-order chi connectivity index (χ1) is 49.7. The molecule has 0 fully saturated rings. The number of carbonyl (C=O) groups excluding carboxylic acids is 6. The van der Waals surface area contributed by atoms with Gasteiger partial charge in [0.05, 0.1) is 32.6 Å². The van der Waals surface area contributed by atoms with Gasteiger partial charge in [-0.1, -0.05) is 241 Å². The molecule has 562 valence electrons. The standard InChI is InChI=1S/C17H24N2O3Si.C14H23NO2Si.C14H22O2Si.C12H12N2O2.C11H10N2O3.C11H8N2O3/c1-17(2,3)23(4,5)21-11-12-6-8-13(9-7-12)14-10-15(16(18)20)22-19-14;1-14(2,3)18(4,5)17-11-13-8-6-12(7-9-13)10-15-16;1-14(2,3)17(4,5)16-11-13-8-6-12(10-15)7-9-13;1-2-8-3-5-9(6-4-8)10-7-11(12(13)15)16-14-10;2*12-11(15)10-5-9(13-16-10)8-3-1-7(6-14)2-4-8/h6-10H,11H2,1-5H3,(H2,18,20);6-10,16H,11H2,1-5H3;6-10H,11H2,1-5H3;3-7H,2H2,1H3,(H2,13,15);1-5,14H,6H2,(H2,12,15);1-6H,(H2,12,15)/b;15-10+;;;;. The lowest BCUT2D eigenvalue weighted by atomic mass is 10.1. The number of nitrogens with zero attached hydrogens (tertiary/aromatic N) is 5. The fourth-order valence-corrected chi connectivity index (χ4v) is 11.1. The summed E-state index contributed by atoms with van der Waals surface area (Å²) in [6, 6.07) is 51.1. The average Bonchev–Trinajstić information content (AvgIpc) is 1.78. The first-order valence-corrected chi connectivity index (χ1v) is 42.7. The molecule has 0 unspecified atom stereocenters. The normalized spacial score (nSPS) is 11.6. The van der Waals surface area contributed by atoms with Crippen LogP contribution in [0.5, 0.6) is 0 Å². The molecule has 24 nitrogen and oxygen atoms in total. The Kier molecular flexibility index (Phi) is 31.6. The van der Waals surface area contributed by atoms with Crippen LogP contribution in [0, 0.1) is 0 Å². The van der Waals surface area contributed by atoms with E-state index in [1.165, 1.54) is 23.9 Å². The van der Waals surface area contributed by atoms with Crippen molar-refractivity contribution in [1.29, 1.82) is 0 Å². The third-order valence-corrected chi connectivity index (χ3v) is 31.6. The number of amides is 4. The molecule has 10 N–H and O–H groups in total. The number of nitrogens with two attached hydrogens (primary N) is 4. The van der Waals surface area contributed by atoms with Crippen LogP contribution in [-0.2, 0) is 46.1 Å². The molecule has 0 aliphatic carbocycles. The Morgan fingerprint density at radius 3 is 0.840 bits per heavy atom. The molecule has 4 heterocycles. The second-order valence-corrected chi connectivity index (χ2v) is 43.5. The molecule has 0 spiro atoms. The summed E-state index contributed by atoms with van der Waals surface area (Å²) in [6.07, 6.45) is 4.02. The highest BCUT2D eigenvalue weighted by Gasteiger charge is 2.39. The molecule has 10 aromatic rings. The molecule has 27 heteroatoms. The van der Waals surface area contributed by atoms with Crippen LogP contribution in [0.15, 0.2) is 193 Å². The van der Waals surface area contributed by atoms with Crippen molar-refractivity contribution in [2.75, 3.05) is 0 Å². The molecule has 6 aromatic carbocycles. The summed E-state index contributed by atoms with van der Waals surface area (Å²) in [5, 5.41) is 36.0. The van der Waals surface area contributed by atoms with Crippen LogP contribution in [0.3, 0.4) is 0 Å². The van der Waals surface area contributed by atoms with Crippen molar-refractivity contribution in [3.63, 3.8) is 0 Å². The van der Waals surface area contributed by atoms with E-state index in [2.05, 4.69) is 134 Å². The average molecular weight is 1500 g/mol. The number of aryl methyl sites for hydroxylation is 1. The summed E-state index contributed by atoms with van der Waals surface area (Å²) >= 11 is 0. The van der Waals surface area contributed by atoms with Crippen LogP contribution in [0.25, 0.3) is 45.0 Å². The Labute approximate surface area is 622 Å². The molecule has 106 heavy (non-hydrogen) atoms. The maximum Gasteiger partial charge on any atom is 0.287 e. The van der Waals surface area contributed by atoms with Crippen LogP contribution in [0.4, 0.5) is 0 Å². The van der Waals surface area contributed by atoms with Crippen molar-refractivity contribution >= 4 is 67.4 Å². The Morgan fingerprint density at radius 1 is 0.396 bits per heavy atom. The van der Waals surface area contributed by atoms with Gasteiger partial charge in [0.1, 0.15) is 35.3 Å². The largest absolute Gasteiger partial charge is 0.413 e. The molecule has 0 aliphatic heterocycles. The van der Waals surface area contributed by atoms with Crippen molar-refractivity contribution in [2.45, 2.75) is 156 Å². The number of benzene rings is 6. The highest BCUT2D eigenvalue weighted by Crippen LogP contribution is 2.39. The van der Waals surface area contributed by atoms with Crippen molar-refractivity contribution in [1.82, 2.24) is 20.6 Å². The van der Waals surface area contributed by atoms with E-state index in [0.717, 1.165) is 69.1 Å². The number of aliphatic hydroxyl groups is 1. The van der Waals surface area contributed by atoms with Gasteiger partial charge in [0.2, 0.25) is 23.0 Å². The van der Waals surface area contributed by atoms with Gasteiger partial charge in [0.25, 0.3) is 23.6 Å². The smallest absolute Gasteiger partial charge is 0.287 e. The van der Waals surface area contributed by atoms with Crippen molar-refractivity contribution in [3.8, 4) is 45.0 Å². The molecule has 0 atom stereocenters. The van der Waals surface area contributed by atoms with Crippen LogP contribution in [-0.4, -0.2) is 98.3 Å². The number of aldehydes is 2. The minimum atomic E-state index is -1.75. The van der Waals surface area contributed by atoms with Crippen LogP contribution in [0.2, 0.25) is 54.4 Å². The SMILES string of the molecule is CC(C)(C)[Si](C)(C)OCc1ccc(-c2cc(C(N)=O)on2)cc1.CC(C)(C)[Si](C)(C)OCc1ccc(/C=N/O)cc1.CC(C)(C)[Si](C)(C)OCc1ccc(C=O)cc1.CCc1ccc(-c2cc(C(N)=O)on2)cc1.NC(=O)c1cc(-c2ccc(C=O)cc2)no1.NC(=O)c1cc(-c2ccc(CO)cc2)no1. The van der Waals surface area contributed by atoms with E-state index in [4.69, 9.17) is 64.6 Å². The minimum Gasteiger partial charge on any atom is -0.413 e. The van der Waals surface area contributed by atoms with Crippen molar-refractivity contribution in [2.24, 2.45) is 28.1 Å². The van der Waals surface area contributed by atoms with Gasteiger partial charge in [-0.05, 0) is 94.2 Å². The summed E-state index contributed by atoms with van der Waals surface area (Å²) in [4.78, 5) is 64.5. The van der Waals surface area contributed by atoms with E-state index in [9.17, 15) is 28.8 Å². The number of primary amides is 4. The zero-order valence-corrected chi connectivity index (χ0v) is 66.2. The summed E-state index contributed by atoms with van der Waals surface area (Å²) in [6.45, 7) is 37.5. The lowest BCUT2D eigenvalue weighted by Gasteiger charge is -2.36. The van der Waals surface area contributed by atoms with E-state index in [-0.39, 0.29) is 44.8 Å². The maximum absolute atomic E-state index is 11.0. The van der Waals surface area contributed by atoms with Gasteiger partial charge in [-0.2, -0.15) is 0 Å². The summed E-state index contributed by atoms with van der Waals surface area (Å²) < 4.78 is 37.7. The zero-order chi connectivity index (χ0) is 78.8. The van der Waals surface area contributed by atoms with Gasteiger partial charge < -0.3 is 64.6 Å². The van der Waals surface area contributed by atoms with Crippen LogP contribution < -0.4 is 22.9 Å². The monoisotopic (exact) mass is 1500 g/mol. The first-order valence-electron chi connectivity index (χ1n) is 34.0. The van der Waals surface area contributed by atoms with Gasteiger partial charge in [-0.15, -0.1) is 0 Å². The number of oxime groups is 1. The van der Waals surface area contributed by atoms with Gasteiger partial charge in [-0.25, -0.2) is 0 Å². The summed E-state index contributed by atoms with van der Waals surface area (Å²) in [5.41, 5.74) is 33.5. The number of aliphatic hydroxyl groups excluding tert-OH is 1. The predicted octanol–water partition coefficient (Wildman–Crippen LogP) is 16.2. The van der Waals surface area contributed by atoms with Gasteiger partial charge in [0, 0.05) is 57.6 Å². The molecule has 0 saturated carbocycles. The molecular weight excluding hydrogens is 1400 g/mol. The third kappa shape index (κ3) is 26.5. The summed E-state index contributed by atoms with van der Waals surface area (Å²) in [7, 11) is -5.12. The third-order valence-electron chi connectivity index (χ3n) is 18.2. The number of hydrogen-bond acceptors (Lipinski definition) is 20. The second-order valence-electron chi connectivity index (χ2n) is 29.1. The minimum absolute atomic E-state index is 0.00830. The fraction of sp³-hybridized carbons (Fsp3) is 0.304. The van der Waals surface area contributed by atoms with Crippen molar-refractivity contribution in [3.05, 3.63) is 237 Å².